The summed E-state index contributed by atoms with van der Waals surface area (Å²) in [4.78, 5) is 12.0. The number of ether oxygens (including phenoxy) is 1. The Morgan fingerprint density at radius 1 is 0.889 bits per heavy atom. The van der Waals surface area contributed by atoms with Crippen molar-refractivity contribution in [2.75, 3.05) is 0 Å². The summed E-state index contributed by atoms with van der Waals surface area (Å²) in [6.45, 7) is 0. The molecule has 0 fully saturated rings. The van der Waals surface area contributed by atoms with Crippen LogP contribution in [0.5, 0.6) is 11.5 Å². The fourth-order valence-corrected chi connectivity index (χ4v) is 2.96. The molecule has 0 unspecified atom stereocenters. The van der Waals surface area contributed by atoms with Crippen molar-refractivity contribution >= 4 is 11.0 Å². The van der Waals surface area contributed by atoms with Gasteiger partial charge in [-0.2, -0.15) is 5.26 Å². The zero-order valence-corrected chi connectivity index (χ0v) is 14.4. The lowest BCUT2D eigenvalue weighted by Gasteiger charge is -2.09. The van der Waals surface area contributed by atoms with Crippen molar-refractivity contribution in [3.05, 3.63) is 106 Å². The Kier molecular flexibility index (Phi) is 4.42. The summed E-state index contributed by atoms with van der Waals surface area (Å²) >= 11 is 0. The molecule has 130 valence electrons. The van der Waals surface area contributed by atoms with Gasteiger partial charge in [0.1, 0.15) is 17.1 Å². The Morgan fingerprint density at radius 3 is 2.41 bits per heavy atom. The minimum Gasteiger partial charge on any atom is -0.457 e. The maximum Gasteiger partial charge on any atom is 0.336 e. The Hall–Kier alpha value is -3.84. The summed E-state index contributed by atoms with van der Waals surface area (Å²) in [6, 6.07) is 25.9. The van der Waals surface area contributed by atoms with Gasteiger partial charge in [0, 0.05) is 17.5 Å². The number of nitriles is 1. The highest BCUT2D eigenvalue weighted by atomic mass is 16.5. The van der Waals surface area contributed by atoms with E-state index in [4.69, 9.17) is 14.4 Å². The van der Waals surface area contributed by atoms with E-state index in [9.17, 15) is 4.79 Å². The molecule has 0 amide bonds. The van der Waals surface area contributed by atoms with Crippen molar-refractivity contribution in [1.29, 1.82) is 5.26 Å². The van der Waals surface area contributed by atoms with E-state index in [2.05, 4.69) is 6.07 Å². The molecule has 1 heterocycles. The quantitative estimate of drug-likeness (QED) is 0.482. The Balaban J connectivity index is 1.69. The summed E-state index contributed by atoms with van der Waals surface area (Å²) in [6.07, 6.45) is 0.576. The first kappa shape index (κ1) is 16.6. The zero-order valence-electron chi connectivity index (χ0n) is 14.4. The van der Waals surface area contributed by atoms with Gasteiger partial charge in [-0.3, -0.25) is 0 Å². The monoisotopic (exact) mass is 353 g/mol. The third-order valence-corrected chi connectivity index (χ3v) is 4.26. The van der Waals surface area contributed by atoms with Crippen molar-refractivity contribution in [2.24, 2.45) is 0 Å². The van der Waals surface area contributed by atoms with E-state index in [0.29, 0.717) is 29.1 Å². The lowest BCUT2D eigenvalue weighted by Crippen LogP contribution is -2.01. The lowest BCUT2D eigenvalue weighted by molar-refractivity contribution is 0.480. The van der Waals surface area contributed by atoms with Crippen molar-refractivity contribution in [1.82, 2.24) is 0 Å². The second-order valence-electron chi connectivity index (χ2n) is 6.15. The molecule has 0 saturated heterocycles. The predicted octanol–water partition coefficient (Wildman–Crippen LogP) is 5.05. The number of hydrogen-bond acceptors (Lipinski definition) is 4. The molecule has 0 aliphatic heterocycles. The molecule has 4 nitrogen and oxygen atoms in total. The smallest absolute Gasteiger partial charge is 0.336 e. The topological polar surface area (TPSA) is 63.2 Å². The average molecular weight is 353 g/mol. The van der Waals surface area contributed by atoms with Gasteiger partial charge >= 0.3 is 5.63 Å². The SMILES string of the molecule is N#Cc1ccc(Cc2cc(=O)oc3cc(Oc4ccccc4)ccc23)cc1. The minimum atomic E-state index is -0.400. The van der Waals surface area contributed by atoms with E-state index in [-0.39, 0.29) is 0 Å². The fourth-order valence-electron chi connectivity index (χ4n) is 2.96. The highest BCUT2D eigenvalue weighted by Crippen LogP contribution is 2.27. The highest BCUT2D eigenvalue weighted by molar-refractivity contribution is 5.82. The molecule has 0 spiro atoms. The van der Waals surface area contributed by atoms with Gasteiger partial charge < -0.3 is 9.15 Å². The first-order valence-electron chi connectivity index (χ1n) is 8.50. The summed E-state index contributed by atoms with van der Waals surface area (Å²) < 4.78 is 11.2. The van der Waals surface area contributed by atoms with Crippen LogP contribution in [0.3, 0.4) is 0 Å². The van der Waals surface area contributed by atoms with Gasteiger partial charge in [-0.15, -0.1) is 0 Å². The molecule has 4 heteroatoms. The zero-order chi connectivity index (χ0) is 18.6. The average Bonchev–Trinajstić information content (AvgIpc) is 2.69. The standard InChI is InChI=1S/C23H15NO3/c24-15-17-8-6-16(7-9-17)12-18-13-23(25)27-22-14-20(10-11-21(18)22)26-19-4-2-1-3-5-19/h1-11,13-14H,12H2. The van der Waals surface area contributed by atoms with Gasteiger partial charge in [-0.1, -0.05) is 30.3 Å². The molecule has 0 atom stereocenters. The van der Waals surface area contributed by atoms with Crippen molar-refractivity contribution in [3.63, 3.8) is 0 Å². The van der Waals surface area contributed by atoms with Crippen LogP contribution in [0.15, 0.2) is 88.1 Å². The van der Waals surface area contributed by atoms with E-state index in [1.54, 1.807) is 18.2 Å². The maximum absolute atomic E-state index is 12.0. The largest absolute Gasteiger partial charge is 0.457 e. The summed E-state index contributed by atoms with van der Waals surface area (Å²) in [7, 11) is 0. The Bertz CT molecular complexity index is 1190. The molecular formula is C23H15NO3. The summed E-state index contributed by atoms with van der Waals surface area (Å²) in [5.74, 6) is 1.32. The Morgan fingerprint density at radius 2 is 1.67 bits per heavy atom. The predicted molar refractivity (Wildman–Crippen MR) is 103 cm³/mol. The second kappa shape index (κ2) is 7.19. The Labute approximate surface area is 155 Å². The van der Waals surface area contributed by atoms with E-state index < -0.39 is 5.63 Å². The van der Waals surface area contributed by atoms with Crippen LogP contribution in [-0.4, -0.2) is 0 Å². The normalized spacial score (nSPS) is 10.5. The first-order chi connectivity index (χ1) is 13.2. The van der Waals surface area contributed by atoms with Gasteiger partial charge in [0.25, 0.3) is 0 Å². The van der Waals surface area contributed by atoms with Gasteiger partial charge in [-0.05, 0) is 53.9 Å². The van der Waals surface area contributed by atoms with E-state index in [1.165, 1.54) is 6.07 Å². The van der Waals surface area contributed by atoms with Crippen LogP contribution in [0.1, 0.15) is 16.7 Å². The summed E-state index contributed by atoms with van der Waals surface area (Å²) in [5, 5.41) is 9.77. The minimum absolute atomic E-state index is 0.400. The molecule has 0 aliphatic carbocycles. The molecule has 0 radical (unpaired) electrons. The van der Waals surface area contributed by atoms with Crippen LogP contribution in [0.25, 0.3) is 11.0 Å². The van der Waals surface area contributed by atoms with Crippen molar-refractivity contribution < 1.29 is 9.15 Å². The number of fused-ring (bicyclic) bond motifs is 1. The number of nitrogens with zero attached hydrogens (tertiary/aromatic N) is 1. The number of rotatable bonds is 4. The molecule has 4 aromatic rings. The van der Waals surface area contributed by atoms with E-state index >= 15 is 0 Å². The van der Waals surface area contributed by atoms with E-state index in [0.717, 1.165) is 16.5 Å². The molecule has 0 bridgehead atoms. The third kappa shape index (κ3) is 3.73. The molecular weight excluding hydrogens is 338 g/mol. The third-order valence-electron chi connectivity index (χ3n) is 4.26. The fraction of sp³-hybridized carbons (Fsp3) is 0.0435. The summed E-state index contributed by atoms with van der Waals surface area (Å²) in [5.41, 5.74) is 2.59. The molecule has 27 heavy (non-hydrogen) atoms. The van der Waals surface area contributed by atoms with Crippen LogP contribution >= 0.6 is 0 Å². The number of hydrogen-bond donors (Lipinski definition) is 0. The molecule has 4 rings (SSSR count). The van der Waals surface area contributed by atoms with Crippen LogP contribution < -0.4 is 10.4 Å². The van der Waals surface area contributed by atoms with Gasteiger partial charge in [0.2, 0.25) is 0 Å². The van der Waals surface area contributed by atoms with Gasteiger partial charge in [0.05, 0.1) is 11.6 Å². The number of benzene rings is 3. The van der Waals surface area contributed by atoms with Crippen molar-refractivity contribution in [3.8, 4) is 17.6 Å². The van der Waals surface area contributed by atoms with Crippen molar-refractivity contribution in [2.45, 2.75) is 6.42 Å². The van der Waals surface area contributed by atoms with Crippen LogP contribution in [0.4, 0.5) is 0 Å². The highest BCUT2D eigenvalue weighted by Gasteiger charge is 2.09. The molecule has 1 aromatic heterocycles. The van der Waals surface area contributed by atoms with Crippen LogP contribution in [0.2, 0.25) is 0 Å². The van der Waals surface area contributed by atoms with Crippen LogP contribution in [-0.2, 0) is 6.42 Å². The molecule has 0 aliphatic rings. The lowest BCUT2D eigenvalue weighted by atomic mass is 10.0. The van der Waals surface area contributed by atoms with Gasteiger partial charge in [-0.25, -0.2) is 4.79 Å². The molecule has 3 aromatic carbocycles. The van der Waals surface area contributed by atoms with E-state index in [1.807, 2.05) is 54.6 Å². The molecule has 0 N–H and O–H groups in total. The number of para-hydroxylation sites is 1. The second-order valence-corrected chi connectivity index (χ2v) is 6.15. The van der Waals surface area contributed by atoms with Crippen LogP contribution in [0, 0.1) is 11.3 Å². The maximum atomic E-state index is 12.0. The molecule has 0 saturated carbocycles. The van der Waals surface area contributed by atoms with Gasteiger partial charge in [0.15, 0.2) is 0 Å². The first-order valence-corrected chi connectivity index (χ1v) is 8.50.